The van der Waals surface area contributed by atoms with Gasteiger partial charge in [0.15, 0.2) is 0 Å². The third kappa shape index (κ3) is 3.06. The Morgan fingerprint density at radius 1 is 1.15 bits per heavy atom. The van der Waals surface area contributed by atoms with Crippen LogP contribution in [-0.4, -0.2) is 12.9 Å². The highest BCUT2D eigenvalue weighted by molar-refractivity contribution is 5.95. The molecule has 0 unspecified atom stereocenters. The van der Waals surface area contributed by atoms with Crippen molar-refractivity contribution in [2.75, 3.05) is 7.11 Å². The van der Waals surface area contributed by atoms with Crippen LogP contribution in [0, 0.1) is 11.2 Å². The number of ether oxygens (including phenoxy) is 2. The normalized spacial score (nSPS) is 10.1. The smallest absolute Gasteiger partial charge is 0.140 e. The van der Waals surface area contributed by atoms with Gasteiger partial charge < -0.3 is 15.2 Å². The molecule has 0 aliphatic carbocycles. The lowest BCUT2D eigenvalue weighted by Crippen LogP contribution is -2.14. The molecule has 0 heterocycles. The third-order valence-electron chi connectivity index (χ3n) is 2.82. The van der Waals surface area contributed by atoms with E-state index in [9.17, 15) is 4.39 Å². The molecular formula is C15H15FN2O2. The summed E-state index contributed by atoms with van der Waals surface area (Å²) in [7, 11) is 1.58. The molecule has 0 saturated carbocycles. The van der Waals surface area contributed by atoms with Crippen LogP contribution >= 0.6 is 0 Å². The van der Waals surface area contributed by atoms with Crippen LogP contribution in [0.5, 0.6) is 11.5 Å². The lowest BCUT2D eigenvalue weighted by atomic mass is 10.1. The zero-order chi connectivity index (χ0) is 14.5. The van der Waals surface area contributed by atoms with Crippen LogP contribution < -0.4 is 15.2 Å². The zero-order valence-corrected chi connectivity index (χ0v) is 11.0. The SMILES string of the molecule is COc1ccc(OCc2cccc(C(=N)N)c2F)cc1. The molecule has 20 heavy (non-hydrogen) atoms. The summed E-state index contributed by atoms with van der Waals surface area (Å²) >= 11 is 0. The standard InChI is InChI=1S/C15H15FN2O2/c1-19-11-5-7-12(8-6-11)20-9-10-3-2-4-13(14(10)16)15(17)18/h2-8H,9H2,1H3,(H3,17,18). The summed E-state index contributed by atoms with van der Waals surface area (Å²) in [5, 5.41) is 7.30. The van der Waals surface area contributed by atoms with Gasteiger partial charge in [0.2, 0.25) is 0 Å². The average Bonchev–Trinajstić information content (AvgIpc) is 2.46. The van der Waals surface area contributed by atoms with Gasteiger partial charge in [-0.2, -0.15) is 0 Å². The molecule has 2 rings (SSSR count). The van der Waals surface area contributed by atoms with E-state index in [1.165, 1.54) is 6.07 Å². The number of hydrogen-bond acceptors (Lipinski definition) is 3. The zero-order valence-electron chi connectivity index (χ0n) is 11.0. The molecule has 2 aromatic carbocycles. The van der Waals surface area contributed by atoms with E-state index in [0.717, 1.165) is 5.75 Å². The Kier molecular flexibility index (Phi) is 4.20. The van der Waals surface area contributed by atoms with E-state index in [-0.39, 0.29) is 18.0 Å². The first-order valence-electron chi connectivity index (χ1n) is 6.00. The Morgan fingerprint density at radius 2 is 1.80 bits per heavy atom. The highest BCUT2D eigenvalue weighted by Gasteiger charge is 2.10. The van der Waals surface area contributed by atoms with Crippen LogP contribution in [0.3, 0.4) is 0 Å². The summed E-state index contributed by atoms with van der Waals surface area (Å²) in [4.78, 5) is 0. The van der Waals surface area contributed by atoms with E-state index in [1.54, 1.807) is 43.5 Å². The van der Waals surface area contributed by atoms with Crippen molar-refractivity contribution in [1.82, 2.24) is 0 Å². The molecule has 3 N–H and O–H groups in total. The number of nitrogen functional groups attached to an aromatic ring is 1. The van der Waals surface area contributed by atoms with Gasteiger partial charge in [0, 0.05) is 5.56 Å². The molecular weight excluding hydrogens is 259 g/mol. The highest BCUT2D eigenvalue weighted by Crippen LogP contribution is 2.19. The Bertz CT molecular complexity index is 612. The van der Waals surface area contributed by atoms with E-state index in [2.05, 4.69) is 0 Å². The molecule has 104 valence electrons. The second-order valence-electron chi connectivity index (χ2n) is 4.16. The van der Waals surface area contributed by atoms with Crippen molar-refractivity contribution in [3.63, 3.8) is 0 Å². The van der Waals surface area contributed by atoms with Crippen LogP contribution in [0.2, 0.25) is 0 Å². The number of rotatable bonds is 5. The first-order chi connectivity index (χ1) is 9.61. The van der Waals surface area contributed by atoms with Crippen LogP contribution in [0.1, 0.15) is 11.1 Å². The second-order valence-corrected chi connectivity index (χ2v) is 4.16. The molecule has 0 radical (unpaired) electrons. The van der Waals surface area contributed by atoms with Gasteiger partial charge in [-0.05, 0) is 30.3 Å². The van der Waals surface area contributed by atoms with E-state index in [1.807, 2.05) is 0 Å². The Morgan fingerprint density at radius 3 is 2.40 bits per heavy atom. The molecule has 5 heteroatoms. The number of nitrogens with one attached hydrogen (secondary N) is 1. The third-order valence-corrected chi connectivity index (χ3v) is 2.82. The number of hydrogen-bond donors (Lipinski definition) is 2. The molecule has 0 atom stereocenters. The lowest BCUT2D eigenvalue weighted by molar-refractivity contribution is 0.299. The number of amidine groups is 1. The van der Waals surface area contributed by atoms with E-state index in [0.29, 0.717) is 11.3 Å². The fraction of sp³-hybridized carbons (Fsp3) is 0.133. The van der Waals surface area contributed by atoms with Crippen molar-refractivity contribution in [3.05, 3.63) is 59.4 Å². The predicted octanol–water partition coefficient (Wildman–Crippen LogP) is 2.70. The van der Waals surface area contributed by atoms with Gasteiger partial charge >= 0.3 is 0 Å². The minimum Gasteiger partial charge on any atom is -0.497 e. The van der Waals surface area contributed by atoms with Gasteiger partial charge in [-0.3, -0.25) is 5.41 Å². The van der Waals surface area contributed by atoms with Gasteiger partial charge in [-0.1, -0.05) is 12.1 Å². The predicted molar refractivity (Wildman–Crippen MR) is 74.7 cm³/mol. The average molecular weight is 274 g/mol. The Balaban J connectivity index is 2.10. The highest BCUT2D eigenvalue weighted by atomic mass is 19.1. The summed E-state index contributed by atoms with van der Waals surface area (Å²) < 4.78 is 24.6. The topological polar surface area (TPSA) is 68.3 Å². The summed E-state index contributed by atoms with van der Waals surface area (Å²) in [5.41, 5.74) is 5.75. The fourth-order valence-corrected chi connectivity index (χ4v) is 1.73. The lowest BCUT2D eigenvalue weighted by Gasteiger charge is -2.09. The number of methoxy groups -OCH3 is 1. The maximum atomic E-state index is 14.0. The van der Waals surface area contributed by atoms with Gasteiger partial charge in [-0.25, -0.2) is 4.39 Å². The van der Waals surface area contributed by atoms with Crippen molar-refractivity contribution >= 4 is 5.84 Å². The van der Waals surface area contributed by atoms with Crippen LogP contribution in [0.4, 0.5) is 4.39 Å². The largest absolute Gasteiger partial charge is 0.497 e. The summed E-state index contributed by atoms with van der Waals surface area (Å²) in [6, 6.07) is 11.7. The molecule has 0 spiro atoms. The van der Waals surface area contributed by atoms with E-state index in [4.69, 9.17) is 20.6 Å². The molecule has 0 bridgehead atoms. The van der Waals surface area contributed by atoms with E-state index < -0.39 is 5.82 Å². The van der Waals surface area contributed by atoms with E-state index >= 15 is 0 Å². The fourth-order valence-electron chi connectivity index (χ4n) is 1.73. The molecule has 0 aliphatic rings. The molecule has 0 amide bonds. The maximum absolute atomic E-state index is 14.0. The first kappa shape index (κ1) is 13.9. The minimum atomic E-state index is -0.520. The van der Waals surface area contributed by atoms with Gasteiger partial charge in [-0.15, -0.1) is 0 Å². The maximum Gasteiger partial charge on any atom is 0.140 e. The van der Waals surface area contributed by atoms with Crippen molar-refractivity contribution < 1.29 is 13.9 Å². The quantitative estimate of drug-likeness (QED) is 0.650. The van der Waals surface area contributed by atoms with Crippen molar-refractivity contribution in [3.8, 4) is 11.5 Å². The molecule has 0 aliphatic heterocycles. The number of benzene rings is 2. The summed E-state index contributed by atoms with van der Waals surface area (Å²) in [5.74, 6) is 0.517. The molecule has 0 saturated heterocycles. The van der Waals surface area contributed by atoms with Gasteiger partial charge in [0.1, 0.15) is 29.8 Å². The molecule has 0 fully saturated rings. The first-order valence-corrected chi connectivity index (χ1v) is 6.00. The summed E-state index contributed by atoms with van der Waals surface area (Å²) in [6.45, 7) is 0.0687. The van der Waals surface area contributed by atoms with Crippen molar-refractivity contribution in [2.24, 2.45) is 5.73 Å². The van der Waals surface area contributed by atoms with Crippen molar-refractivity contribution in [2.45, 2.75) is 6.61 Å². The monoisotopic (exact) mass is 274 g/mol. The molecule has 2 aromatic rings. The van der Waals surface area contributed by atoms with Crippen LogP contribution in [0.15, 0.2) is 42.5 Å². The van der Waals surface area contributed by atoms with Crippen LogP contribution in [0.25, 0.3) is 0 Å². The number of nitrogens with two attached hydrogens (primary N) is 1. The van der Waals surface area contributed by atoms with Gasteiger partial charge in [0.25, 0.3) is 0 Å². The van der Waals surface area contributed by atoms with Gasteiger partial charge in [0.05, 0.1) is 12.7 Å². The van der Waals surface area contributed by atoms with Crippen molar-refractivity contribution in [1.29, 1.82) is 5.41 Å². The number of halogens is 1. The minimum absolute atomic E-state index is 0.0687. The second kappa shape index (κ2) is 6.06. The van der Waals surface area contributed by atoms with Crippen LogP contribution in [-0.2, 0) is 6.61 Å². The Labute approximate surface area is 116 Å². The summed E-state index contributed by atoms with van der Waals surface area (Å²) in [6.07, 6.45) is 0. The molecule has 0 aromatic heterocycles. The Hall–Kier alpha value is -2.56. The molecule has 4 nitrogen and oxygen atoms in total.